The molecule has 0 bridgehead atoms. The second kappa shape index (κ2) is 6.24. The molecule has 0 N–H and O–H groups in total. The van der Waals surface area contributed by atoms with Gasteiger partial charge in [-0.1, -0.05) is 32.0 Å². The fraction of sp³-hybridized carbons (Fsp3) is 0.235. The number of esters is 1. The highest BCUT2D eigenvalue weighted by Gasteiger charge is 2.09. The van der Waals surface area contributed by atoms with E-state index in [1.54, 1.807) is 18.2 Å². The number of hydrogen-bond acceptors (Lipinski definition) is 3. The summed E-state index contributed by atoms with van der Waals surface area (Å²) < 4.78 is 10.7. The number of carbonyl (C=O) groups is 1. The first-order chi connectivity index (χ1) is 9.56. The Hall–Kier alpha value is -2.29. The van der Waals surface area contributed by atoms with Gasteiger partial charge in [-0.05, 0) is 42.7 Å². The minimum absolute atomic E-state index is 0.302. The van der Waals surface area contributed by atoms with Gasteiger partial charge in [0, 0.05) is 6.08 Å². The van der Waals surface area contributed by atoms with Gasteiger partial charge < -0.3 is 9.15 Å². The van der Waals surface area contributed by atoms with E-state index in [1.165, 1.54) is 6.08 Å². The van der Waals surface area contributed by atoms with Crippen molar-refractivity contribution in [2.24, 2.45) is 0 Å². The summed E-state index contributed by atoms with van der Waals surface area (Å²) in [5, 5.41) is 0. The van der Waals surface area contributed by atoms with Crippen molar-refractivity contribution in [1.82, 2.24) is 0 Å². The van der Waals surface area contributed by atoms with Gasteiger partial charge >= 0.3 is 5.97 Å². The van der Waals surface area contributed by atoms with E-state index in [-0.39, 0.29) is 0 Å². The zero-order valence-corrected chi connectivity index (χ0v) is 11.9. The first kappa shape index (κ1) is 14.1. The Balaban J connectivity index is 2.07. The van der Waals surface area contributed by atoms with Crippen LogP contribution >= 0.6 is 0 Å². The van der Waals surface area contributed by atoms with Gasteiger partial charge in [-0.2, -0.15) is 0 Å². The molecule has 0 saturated carbocycles. The molecular formula is C17H18O3. The zero-order chi connectivity index (χ0) is 14.5. The molecule has 2 rings (SSSR count). The standard InChI is InChI=1S/C17H18O3/c1-12(2)15-6-4-5-7-16(15)20-17(18)11-10-14-9-8-13(3)19-14/h4-12H,1-3H3. The first-order valence-electron chi connectivity index (χ1n) is 6.61. The fourth-order valence-electron chi connectivity index (χ4n) is 1.89. The molecule has 1 aromatic carbocycles. The van der Waals surface area contributed by atoms with E-state index < -0.39 is 5.97 Å². The lowest BCUT2D eigenvalue weighted by atomic mass is 10.0. The van der Waals surface area contributed by atoms with Crippen molar-refractivity contribution in [1.29, 1.82) is 0 Å². The Labute approximate surface area is 118 Å². The van der Waals surface area contributed by atoms with Gasteiger partial charge in [0.15, 0.2) is 0 Å². The largest absolute Gasteiger partial charge is 0.462 e. The van der Waals surface area contributed by atoms with E-state index in [0.717, 1.165) is 11.3 Å². The van der Waals surface area contributed by atoms with Crippen molar-refractivity contribution in [3.05, 3.63) is 59.6 Å². The first-order valence-corrected chi connectivity index (χ1v) is 6.61. The molecule has 0 aliphatic rings. The Morgan fingerprint density at radius 1 is 1.20 bits per heavy atom. The maximum atomic E-state index is 11.8. The van der Waals surface area contributed by atoms with Crippen LogP contribution in [0.25, 0.3) is 6.08 Å². The van der Waals surface area contributed by atoms with Crippen molar-refractivity contribution in [3.8, 4) is 5.75 Å². The molecule has 0 radical (unpaired) electrons. The van der Waals surface area contributed by atoms with E-state index in [9.17, 15) is 4.79 Å². The van der Waals surface area contributed by atoms with Gasteiger partial charge in [-0.15, -0.1) is 0 Å². The number of para-hydroxylation sites is 1. The van der Waals surface area contributed by atoms with Crippen LogP contribution in [-0.4, -0.2) is 5.97 Å². The molecule has 0 amide bonds. The Bertz CT molecular complexity index is 621. The van der Waals surface area contributed by atoms with Gasteiger partial charge in [-0.3, -0.25) is 0 Å². The van der Waals surface area contributed by atoms with Gasteiger partial charge in [0.2, 0.25) is 0 Å². The fourth-order valence-corrected chi connectivity index (χ4v) is 1.89. The summed E-state index contributed by atoms with van der Waals surface area (Å²) in [6.07, 6.45) is 2.97. The van der Waals surface area contributed by atoms with E-state index in [0.29, 0.717) is 17.4 Å². The monoisotopic (exact) mass is 270 g/mol. The summed E-state index contributed by atoms with van der Waals surface area (Å²) in [4.78, 5) is 11.8. The Morgan fingerprint density at radius 3 is 2.60 bits per heavy atom. The quantitative estimate of drug-likeness (QED) is 0.471. The van der Waals surface area contributed by atoms with Gasteiger partial charge in [0.1, 0.15) is 17.3 Å². The van der Waals surface area contributed by atoms with Crippen LogP contribution in [0.1, 0.15) is 36.8 Å². The third-order valence-corrected chi connectivity index (χ3v) is 2.90. The molecule has 0 aliphatic heterocycles. The molecule has 1 heterocycles. The van der Waals surface area contributed by atoms with Crippen molar-refractivity contribution < 1.29 is 13.9 Å². The molecule has 3 heteroatoms. The van der Waals surface area contributed by atoms with Crippen LogP contribution < -0.4 is 4.74 Å². The van der Waals surface area contributed by atoms with E-state index >= 15 is 0 Å². The number of ether oxygens (including phenoxy) is 1. The number of hydrogen-bond donors (Lipinski definition) is 0. The predicted molar refractivity (Wildman–Crippen MR) is 78.6 cm³/mol. The van der Waals surface area contributed by atoms with Gasteiger partial charge in [-0.25, -0.2) is 4.79 Å². The predicted octanol–water partition coefficient (Wildman–Crippen LogP) is 4.33. The minimum atomic E-state index is -0.410. The second-order valence-corrected chi connectivity index (χ2v) is 4.90. The highest BCUT2D eigenvalue weighted by Crippen LogP contribution is 2.26. The number of aryl methyl sites for hydroxylation is 1. The van der Waals surface area contributed by atoms with E-state index in [1.807, 2.05) is 31.2 Å². The Morgan fingerprint density at radius 2 is 1.95 bits per heavy atom. The lowest BCUT2D eigenvalue weighted by Crippen LogP contribution is -2.06. The number of furan rings is 1. The molecule has 0 aliphatic carbocycles. The molecular weight excluding hydrogens is 252 g/mol. The van der Waals surface area contributed by atoms with E-state index in [4.69, 9.17) is 9.15 Å². The lowest BCUT2D eigenvalue weighted by Gasteiger charge is -2.11. The summed E-state index contributed by atoms with van der Waals surface area (Å²) in [6, 6.07) is 11.2. The molecule has 1 aromatic heterocycles. The molecule has 2 aromatic rings. The van der Waals surface area contributed by atoms with Crippen molar-refractivity contribution in [3.63, 3.8) is 0 Å². The summed E-state index contributed by atoms with van der Waals surface area (Å²) >= 11 is 0. The van der Waals surface area contributed by atoms with Crippen LogP contribution in [0.15, 0.2) is 46.9 Å². The van der Waals surface area contributed by atoms with Crippen LogP contribution in [0, 0.1) is 6.92 Å². The highest BCUT2D eigenvalue weighted by atomic mass is 16.5. The summed E-state index contributed by atoms with van der Waals surface area (Å²) in [5.41, 5.74) is 1.02. The number of carbonyl (C=O) groups excluding carboxylic acids is 1. The summed E-state index contributed by atoms with van der Waals surface area (Å²) in [6.45, 7) is 5.98. The third-order valence-electron chi connectivity index (χ3n) is 2.90. The van der Waals surface area contributed by atoms with Crippen LogP contribution in [0.2, 0.25) is 0 Å². The maximum absolute atomic E-state index is 11.8. The van der Waals surface area contributed by atoms with Crippen molar-refractivity contribution in [2.75, 3.05) is 0 Å². The lowest BCUT2D eigenvalue weighted by molar-refractivity contribution is -0.128. The average molecular weight is 270 g/mol. The van der Waals surface area contributed by atoms with Crippen LogP contribution in [0.4, 0.5) is 0 Å². The molecule has 0 saturated heterocycles. The van der Waals surface area contributed by atoms with Gasteiger partial charge in [0.25, 0.3) is 0 Å². The molecule has 3 nitrogen and oxygen atoms in total. The second-order valence-electron chi connectivity index (χ2n) is 4.90. The topological polar surface area (TPSA) is 39.4 Å². The normalized spacial score (nSPS) is 11.2. The molecule has 0 fully saturated rings. The number of rotatable bonds is 4. The summed E-state index contributed by atoms with van der Waals surface area (Å²) in [7, 11) is 0. The van der Waals surface area contributed by atoms with E-state index in [2.05, 4.69) is 13.8 Å². The maximum Gasteiger partial charge on any atom is 0.336 e. The zero-order valence-electron chi connectivity index (χ0n) is 11.9. The molecule has 20 heavy (non-hydrogen) atoms. The van der Waals surface area contributed by atoms with Crippen molar-refractivity contribution in [2.45, 2.75) is 26.7 Å². The molecule has 104 valence electrons. The molecule has 0 unspecified atom stereocenters. The smallest absolute Gasteiger partial charge is 0.336 e. The minimum Gasteiger partial charge on any atom is -0.462 e. The van der Waals surface area contributed by atoms with Crippen molar-refractivity contribution >= 4 is 12.0 Å². The Kier molecular flexibility index (Phi) is 4.41. The molecule has 0 spiro atoms. The highest BCUT2D eigenvalue weighted by molar-refractivity contribution is 5.88. The number of benzene rings is 1. The molecule has 0 atom stereocenters. The van der Waals surface area contributed by atoms with Crippen LogP contribution in [0.5, 0.6) is 5.75 Å². The SMILES string of the molecule is Cc1ccc(C=CC(=O)Oc2ccccc2C(C)C)o1. The average Bonchev–Trinajstić information content (AvgIpc) is 2.83. The van der Waals surface area contributed by atoms with Gasteiger partial charge in [0.05, 0.1) is 0 Å². The van der Waals surface area contributed by atoms with Crippen LogP contribution in [0.3, 0.4) is 0 Å². The van der Waals surface area contributed by atoms with Crippen LogP contribution in [-0.2, 0) is 4.79 Å². The third kappa shape index (κ3) is 3.60. The summed E-state index contributed by atoms with van der Waals surface area (Å²) in [5.74, 6) is 1.94.